The normalized spacial score (nSPS) is 22.3. The van der Waals surface area contributed by atoms with Gasteiger partial charge in [0.25, 0.3) is 0 Å². The summed E-state index contributed by atoms with van der Waals surface area (Å²) in [5, 5.41) is 13.6. The van der Waals surface area contributed by atoms with Crippen LogP contribution in [0.5, 0.6) is 5.75 Å². The van der Waals surface area contributed by atoms with Crippen LogP contribution < -0.4 is 10.1 Å². The Morgan fingerprint density at radius 2 is 1.95 bits per heavy atom. The zero-order valence-corrected chi connectivity index (χ0v) is 13.4. The van der Waals surface area contributed by atoms with Crippen molar-refractivity contribution >= 4 is 0 Å². The lowest BCUT2D eigenvalue weighted by Crippen LogP contribution is -2.43. The van der Waals surface area contributed by atoms with Gasteiger partial charge in [-0.15, -0.1) is 0 Å². The number of benzene rings is 1. The van der Waals surface area contributed by atoms with Crippen molar-refractivity contribution in [2.75, 3.05) is 33.5 Å². The Morgan fingerprint density at radius 3 is 2.50 bits per heavy atom. The molecule has 0 aromatic heterocycles. The van der Waals surface area contributed by atoms with E-state index in [4.69, 9.17) is 9.47 Å². The molecule has 1 heterocycles. The van der Waals surface area contributed by atoms with E-state index in [9.17, 15) is 5.11 Å². The highest BCUT2D eigenvalue weighted by Gasteiger charge is 2.36. The average molecular weight is 305 g/mol. The largest absolute Gasteiger partial charge is 0.497 e. The lowest BCUT2D eigenvalue weighted by molar-refractivity contribution is -0.0168. The molecule has 1 atom stereocenters. The van der Waals surface area contributed by atoms with E-state index in [1.54, 1.807) is 7.11 Å². The van der Waals surface area contributed by atoms with Crippen LogP contribution in [0.15, 0.2) is 24.3 Å². The lowest BCUT2D eigenvalue weighted by Gasteiger charge is -2.37. The van der Waals surface area contributed by atoms with E-state index in [1.807, 2.05) is 12.1 Å². The highest BCUT2D eigenvalue weighted by molar-refractivity contribution is 5.30. The summed E-state index contributed by atoms with van der Waals surface area (Å²) in [6.07, 6.45) is 4.46. The van der Waals surface area contributed by atoms with Crippen LogP contribution in [-0.4, -0.2) is 38.6 Å². The molecule has 4 heteroatoms. The molecular formula is C18H27NO3. The number of ether oxygens (including phenoxy) is 2. The van der Waals surface area contributed by atoms with Crippen molar-refractivity contribution in [3.05, 3.63) is 29.8 Å². The molecule has 0 bridgehead atoms. The van der Waals surface area contributed by atoms with Crippen LogP contribution in [0.3, 0.4) is 0 Å². The molecule has 1 aliphatic heterocycles. The Morgan fingerprint density at radius 1 is 1.27 bits per heavy atom. The molecule has 0 spiro atoms. The van der Waals surface area contributed by atoms with Gasteiger partial charge in [0, 0.05) is 31.2 Å². The van der Waals surface area contributed by atoms with Gasteiger partial charge in [-0.1, -0.05) is 12.1 Å². The summed E-state index contributed by atoms with van der Waals surface area (Å²) < 4.78 is 10.7. The molecule has 1 aliphatic carbocycles. The van der Waals surface area contributed by atoms with Crippen molar-refractivity contribution in [1.29, 1.82) is 0 Å². The van der Waals surface area contributed by atoms with E-state index in [0.717, 1.165) is 44.3 Å². The topological polar surface area (TPSA) is 50.7 Å². The molecule has 2 fully saturated rings. The number of aliphatic hydroxyl groups is 1. The van der Waals surface area contributed by atoms with E-state index in [2.05, 4.69) is 17.4 Å². The summed E-state index contributed by atoms with van der Waals surface area (Å²) in [4.78, 5) is 0. The Hall–Kier alpha value is -1.10. The van der Waals surface area contributed by atoms with Gasteiger partial charge in [-0.2, -0.15) is 0 Å². The standard InChI is InChI=1S/C18H27NO3/c1-21-16-6-4-15(5-7-16)17(14-2-3-14)19-12-18(13-20)8-10-22-11-9-18/h4-7,14,17,19-20H,2-3,8-13H2,1H3. The predicted molar refractivity (Wildman–Crippen MR) is 86.0 cm³/mol. The zero-order chi connectivity index (χ0) is 15.4. The van der Waals surface area contributed by atoms with Crippen LogP contribution in [0, 0.1) is 11.3 Å². The maximum absolute atomic E-state index is 9.84. The zero-order valence-electron chi connectivity index (χ0n) is 13.4. The van der Waals surface area contributed by atoms with Gasteiger partial charge in [0.05, 0.1) is 13.7 Å². The number of hydrogen-bond donors (Lipinski definition) is 2. The van der Waals surface area contributed by atoms with Crippen molar-refractivity contribution in [2.24, 2.45) is 11.3 Å². The fourth-order valence-corrected chi connectivity index (χ4v) is 3.32. The molecule has 1 aromatic carbocycles. The Kier molecular flexibility index (Phi) is 5.01. The van der Waals surface area contributed by atoms with E-state index in [1.165, 1.54) is 18.4 Å². The van der Waals surface area contributed by atoms with Gasteiger partial charge in [0.1, 0.15) is 5.75 Å². The molecular weight excluding hydrogens is 278 g/mol. The monoisotopic (exact) mass is 305 g/mol. The molecule has 22 heavy (non-hydrogen) atoms. The van der Waals surface area contributed by atoms with E-state index in [-0.39, 0.29) is 12.0 Å². The van der Waals surface area contributed by atoms with Gasteiger partial charge in [-0.3, -0.25) is 0 Å². The quantitative estimate of drug-likeness (QED) is 0.813. The molecule has 4 nitrogen and oxygen atoms in total. The van der Waals surface area contributed by atoms with Crippen molar-refractivity contribution < 1.29 is 14.6 Å². The molecule has 0 amide bonds. The van der Waals surface area contributed by atoms with Gasteiger partial charge in [0.2, 0.25) is 0 Å². The van der Waals surface area contributed by atoms with Gasteiger partial charge in [-0.25, -0.2) is 0 Å². The fraction of sp³-hybridized carbons (Fsp3) is 0.667. The molecule has 0 radical (unpaired) electrons. The summed E-state index contributed by atoms with van der Waals surface area (Å²) in [6, 6.07) is 8.76. The molecule has 3 rings (SSSR count). The molecule has 122 valence electrons. The minimum Gasteiger partial charge on any atom is -0.497 e. The lowest BCUT2D eigenvalue weighted by atomic mass is 9.80. The summed E-state index contributed by atoms with van der Waals surface area (Å²) in [7, 11) is 1.70. The first-order chi connectivity index (χ1) is 10.8. The minimum atomic E-state index is -0.0160. The van der Waals surface area contributed by atoms with Gasteiger partial charge in [0.15, 0.2) is 0 Å². The van der Waals surface area contributed by atoms with Crippen LogP contribution in [0.25, 0.3) is 0 Å². The van der Waals surface area contributed by atoms with Gasteiger partial charge < -0.3 is 19.9 Å². The second kappa shape index (κ2) is 6.99. The van der Waals surface area contributed by atoms with Gasteiger partial charge in [-0.05, 0) is 49.3 Å². The third kappa shape index (κ3) is 3.62. The van der Waals surface area contributed by atoms with Crippen LogP contribution >= 0.6 is 0 Å². The number of hydrogen-bond acceptors (Lipinski definition) is 4. The third-order valence-electron chi connectivity index (χ3n) is 5.15. The Bertz CT molecular complexity index is 464. The summed E-state index contributed by atoms with van der Waals surface area (Å²) in [5.41, 5.74) is 1.31. The Labute approximate surface area is 132 Å². The molecule has 1 saturated carbocycles. The van der Waals surface area contributed by atoms with Crippen molar-refractivity contribution in [1.82, 2.24) is 5.32 Å². The summed E-state index contributed by atoms with van der Waals surface area (Å²) >= 11 is 0. The third-order valence-corrected chi connectivity index (χ3v) is 5.15. The molecule has 2 aliphatic rings. The maximum Gasteiger partial charge on any atom is 0.118 e. The highest BCUT2D eigenvalue weighted by atomic mass is 16.5. The van der Waals surface area contributed by atoms with Crippen molar-refractivity contribution in [3.63, 3.8) is 0 Å². The summed E-state index contributed by atoms with van der Waals surface area (Å²) in [6.45, 7) is 2.63. The van der Waals surface area contributed by atoms with Crippen LogP contribution in [-0.2, 0) is 4.74 Å². The number of nitrogens with one attached hydrogen (secondary N) is 1. The molecule has 2 N–H and O–H groups in total. The predicted octanol–water partition coefficient (Wildman–Crippen LogP) is 2.53. The van der Waals surface area contributed by atoms with Crippen LogP contribution in [0.2, 0.25) is 0 Å². The van der Waals surface area contributed by atoms with Crippen LogP contribution in [0.1, 0.15) is 37.3 Å². The number of rotatable bonds is 7. The van der Waals surface area contributed by atoms with E-state index >= 15 is 0 Å². The SMILES string of the molecule is COc1ccc(C(NCC2(CO)CCOCC2)C2CC2)cc1. The van der Waals surface area contributed by atoms with Crippen molar-refractivity contribution in [2.45, 2.75) is 31.7 Å². The first-order valence-electron chi connectivity index (χ1n) is 8.32. The summed E-state index contributed by atoms with van der Waals surface area (Å²) in [5.74, 6) is 1.62. The smallest absolute Gasteiger partial charge is 0.118 e. The average Bonchev–Trinajstić information content (AvgIpc) is 3.41. The second-order valence-corrected chi connectivity index (χ2v) is 6.74. The number of methoxy groups -OCH3 is 1. The van der Waals surface area contributed by atoms with Crippen LogP contribution in [0.4, 0.5) is 0 Å². The van der Waals surface area contributed by atoms with E-state index in [0.29, 0.717) is 6.04 Å². The molecule has 1 saturated heterocycles. The second-order valence-electron chi connectivity index (χ2n) is 6.74. The first-order valence-corrected chi connectivity index (χ1v) is 8.32. The Balaban J connectivity index is 1.66. The maximum atomic E-state index is 9.84. The minimum absolute atomic E-state index is 0.0160. The van der Waals surface area contributed by atoms with E-state index < -0.39 is 0 Å². The highest BCUT2D eigenvalue weighted by Crippen LogP contribution is 2.42. The fourth-order valence-electron chi connectivity index (χ4n) is 3.32. The van der Waals surface area contributed by atoms with Gasteiger partial charge >= 0.3 is 0 Å². The first kappa shape index (κ1) is 15.8. The molecule has 1 aromatic rings. The van der Waals surface area contributed by atoms with Crippen molar-refractivity contribution in [3.8, 4) is 5.75 Å². The number of aliphatic hydroxyl groups excluding tert-OH is 1. The molecule has 1 unspecified atom stereocenters.